The third-order valence-electron chi connectivity index (χ3n) is 5.87. The van der Waals surface area contributed by atoms with Crippen LogP contribution in [0.4, 0.5) is 0 Å². The second-order valence-corrected chi connectivity index (χ2v) is 9.48. The molecule has 0 saturated heterocycles. The van der Waals surface area contributed by atoms with E-state index < -0.39 is 0 Å². The van der Waals surface area contributed by atoms with Crippen molar-refractivity contribution in [2.75, 3.05) is 6.54 Å². The average molecular weight is 436 g/mol. The van der Waals surface area contributed by atoms with Gasteiger partial charge in [0.25, 0.3) is 0 Å². The number of hydrogen-bond acceptors (Lipinski definition) is 5. The summed E-state index contributed by atoms with van der Waals surface area (Å²) in [5, 5.41) is 12.5. The molecule has 2 aromatic heterocycles. The van der Waals surface area contributed by atoms with Crippen molar-refractivity contribution in [3.63, 3.8) is 0 Å². The Morgan fingerprint density at radius 3 is 2.61 bits per heavy atom. The summed E-state index contributed by atoms with van der Waals surface area (Å²) in [6.45, 7) is 4.78. The third-order valence-corrected chi connectivity index (χ3v) is 6.91. The van der Waals surface area contributed by atoms with Gasteiger partial charge in [0.1, 0.15) is 0 Å². The van der Waals surface area contributed by atoms with Crippen molar-refractivity contribution in [1.29, 1.82) is 0 Å². The van der Waals surface area contributed by atoms with Crippen LogP contribution in [0.1, 0.15) is 44.6 Å². The van der Waals surface area contributed by atoms with E-state index in [9.17, 15) is 4.79 Å². The Morgan fingerprint density at radius 1 is 1.13 bits per heavy atom. The first-order valence-corrected chi connectivity index (χ1v) is 11.9. The fraction of sp³-hybridized carbons (Fsp3) is 0.417. The number of amides is 1. The molecule has 0 aliphatic heterocycles. The van der Waals surface area contributed by atoms with Gasteiger partial charge >= 0.3 is 0 Å². The molecule has 3 aromatic rings. The highest BCUT2D eigenvalue weighted by Crippen LogP contribution is 2.31. The molecule has 1 saturated carbocycles. The molecule has 162 valence electrons. The van der Waals surface area contributed by atoms with Crippen molar-refractivity contribution in [2.24, 2.45) is 5.92 Å². The lowest BCUT2D eigenvalue weighted by Gasteiger charge is -2.22. The standard InChI is InChI=1S/C24H29N5OS/c1-17-8-6-7-11-21(17)29-22(20-12-14-25-15-13-20)27-28-24(29)31-18(2)23(30)26-16-19-9-4-3-5-10-19/h6-8,11-15,18-19H,3-5,9-10,16H2,1-2H3,(H,26,30). The normalized spacial score (nSPS) is 15.5. The third kappa shape index (κ3) is 5.15. The zero-order chi connectivity index (χ0) is 21.6. The van der Waals surface area contributed by atoms with Gasteiger partial charge < -0.3 is 5.32 Å². The van der Waals surface area contributed by atoms with Crippen LogP contribution in [0.25, 0.3) is 17.1 Å². The van der Waals surface area contributed by atoms with Crippen LogP contribution in [-0.4, -0.2) is 37.5 Å². The van der Waals surface area contributed by atoms with Crippen LogP contribution in [0.2, 0.25) is 0 Å². The fourth-order valence-corrected chi connectivity index (χ4v) is 4.94. The Labute approximate surface area is 187 Å². The first-order valence-electron chi connectivity index (χ1n) is 11.0. The Kier molecular flexibility index (Phi) is 7.02. The van der Waals surface area contributed by atoms with Crippen LogP contribution in [0.15, 0.2) is 53.9 Å². The molecule has 1 amide bonds. The van der Waals surface area contributed by atoms with Crippen LogP contribution in [-0.2, 0) is 4.79 Å². The average Bonchev–Trinajstić information content (AvgIpc) is 3.22. The minimum Gasteiger partial charge on any atom is -0.355 e. The first-order chi connectivity index (χ1) is 15.1. The molecule has 1 aliphatic rings. The number of nitrogens with zero attached hydrogens (tertiary/aromatic N) is 4. The molecule has 4 rings (SSSR count). The maximum atomic E-state index is 12.8. The number of benzene rings is 1. The summed E-state index contributed by atoms with van der Waals surface area (Å²) in [6.07, 6.45) is 9.83. The van der Waals surface area contributed by atoms with Crippen LogP contribution in [0.5, 0.6) is 0 Å². The highest BCUT2D eigenvalue weighted by atomic mass is 32.2. The van der Waals surface area contributed by atoms with E-state index >= 15 is 0 Å². The summed E-state index contributed by atoms with van der Waals surface area (Å²) >= 11 is 1.45. The molecule has 1 aliphatic carbocycles. The summed E-state index contributed by atoms with van der Waals surface area (Å²) in [5.74, 6) is 1.41. The van der Waals surface area contributed by atoms with Crippen LogP contribution < -0.4 is 5.32 Å². The Morgan fingerprint density at radius 2 is 1.87 bits per heavy atom. The lowest BCUT2D eigenvalue weighted by atomic mass is 9.89. The van der Waals surface area contributed by atoms with E-state index in [1.54, 1.807) is 12.4 Å². The van der Waals surface area contributed by atoms with Crippen LogP contribution >= 0.6 is 11.8 Å². The number of hydrogen-bond donors (Lipinski definition) is 1. The Bertz CT molecular complexity index is 1010. The van der Waals surface area contributed by atoms with Gasteiger partial charge in [0.05, 0.1) is 10.9 Å². The summed E-state index contributed by atoms with van der Waals surface area (Å²) in [6, 6.07) is 12.0. The number of aryl methyl sites for hydroxylation is 1. The maximum Gasteiger partial charge on any atom is 0.233 e. The van der Waals surface area contributed by atoms with Gasteiger partial charge in [-0.15, -0.1) is 10.2 Å². The maximum absolute atomic E-state index is 12.8. The molecule has 1 fully saturated rings. The van der Waals surface area contributed by atoms with E-state index in [4.69, 9.17) is 0 Å². The topological polar surface area (TPSA) is 72.7 Å². The highest BCUT2D eigenvalue weighted by Gasteiger charge is 2.23. The molecule has 1 aromatic carbocycles. The Balaban J connectivity index is 1.56. The van der Waals surface area contributed by atoms with Crippen molar-refractivity contribution >= 4 is 17.7 Å². The second kappa shape index (κ2) is 10.1. The predicted molar refractivity (Wildman–Crippen MR) is 124 cm³/mol. The molecular formula is C24H29N5OS. The van der Waals surface area contributed by atoms with Gasteiger partial charge in [0.2, 0.25) is 5.91 Å². The molecule has 0 spiro atoms. The van der Waals surface area contributed by atoms with Gasteiger partial charge in [-0.3, -0.25) is 14.3 Å². The van der Waals surface area contributed by atoms with Gasteiger partial charge in [0, 0.05) is 24.5 Å². The van der Waals surface area contributed by atoms with Crippen molar-refractivity contribution in [3.8, 4) is 17.1 Å². The number of nitrogens with one attached hydrogen (secondary N) is 1. The van der Waals surface area contributed by atoms with E-state index in [0.717, 1.165) is 29.2 Å². The number of carbonyl (C=O) groups excluding carboxylic acids is 1. The molecule has 1 atom stereocenters. The quantitative estimate of drug-likeness (QED) is 0.539. The molecule has 2 heterocycles. The smallest absolute Gasteiger partial charge is 0.233 e. The molecule has 1 unspecified atom stereocenters. The van der Waals surface area contributed by atoms with E-state index in [1.165, 1.54) is 43.9 Å². The highest BCUT2D eigenvalue weighted by molar-refractivity contribution is 8.00. The van der Waals surface area contributed by atoms with Gasteiger partial charge in [-0.2, -0.15) is 0 Å². The van der Waals surface area contributed by atoms with Crippen LogP contribution in [0, 0.1) is 12.8 Å². The predicted octanol–water partition coefficient (Wildman–Crippen LogP) is 4.81. The molecule has 1 N–H and O–H groups in total. The molecule has 6 nitrogen and oxygen atoms in total. The summed E-state index contributed by atoms with van der Waals surface area (Å²) in [4.78, 5) is 16.9. The minimum atomic E-state index is -0.263. The fourth-order valence-electron chi connectivity index (χ4n) is 4.06. The number of pyridine rings is 1. The number of thioether (sulfide) groups is 1. The van der Waals surface area contributed by atoms with Gasteiger partial charge in [-0.1, -0.05) is 49.2 Å². The zero-order valence-electron chi connectivity index (χ0n) is 18.1. The van der Waals surface area contributed by atoms with E-state index in [1.807, 2.05) is 35.8 Å². The van der Waals surface area contributed by atoms with E-state index in [-0.39, 0.29) is 11.2 Å². The Hall–Kier alpha value is -2.67. The van der Waals surface area contributed by atoms with Gasteiger partial charge in [-0.05, 0) is 56.4 Å². The second-order valence-electron chi connectivity index (χ2n) is 8.17. The largest absolute Gasteiger partial charge is 0.355 e. The van der Waals surface area contributed by atoms with Crippen molar-refractivity contribution in [2.45, 2.75) is 56.4 Å². The van der Waals surface area contributed by atoms with Crippen molar-refractivity contribution < 1.29 is 4.79 Å². The van der Waals surface area contributed by atoms with Crippen molar-refractivity contribution in [1.82, 2.24) is 25.1 Å². The van der Waals surface area contributed by atoms with E-state index in [0.29, 0.717) is 11.1 Å². The first kappa shape index (κ1) is 21.6. The minimum absolute atomic E-state index is 0.0559. The number of para-hydroxylation sites is 1. The van der Waals surface area contributed by atoms with Crippen molar-refractivity contribution in [3.05, 3.63) is 54.4 Å². The lowest BCUT2D eigenvalue weighted by Crippen LogP contribution is -2.35. The number of aromatic nitrogens is 4. The molecule has 31 heavy (non-hydrogen) atoms. The number of rotatable bonds is 7. The zero-order valence-corrected chi connectivity index (χ0v) is 18.9. The lowest BCUT2D eigenvalue weighted by molar-refractivity contribution is -0.120. The van der Waals surface area contributed by atoms with Crippen LogP contribution in [0.3, 0.4) is 0 Å². The summed E-state index contributed by atoms with van der Waals surface area (Å²) < 4.78 is 2.04. The monoisotopic (exact) mass is 435 g/mol. The molecule has 7 heteroatoms. The molecule has 0 radical (unpaired) electrons. The molecule has 0 bridgehead atoms. The van der Waals surface area contributed by atoms with E-state index in [2.05, 4.69) is 39.6 Å². The van der Waals surface area contributed by atoms with Gasteiger partial charge in [-0.25, -0.2) is 0 Å². The van der Waals surface area contributed by atoms with Gasteiger partial charge in [0.15, 0.2) is 11.0 Å². The summed E-state index contributed by atoms with van der Waals surface area (Å²) in [7, 11) is 0. The summed E-state index contributed by atoms with van der Waals surface area (Å²) in [5.41, 5.74) is 3.07. The molecular weight excluding hydrogens is 406 g/mol. The SMILES string of the molecule is Cc1ccccc1-n1c(SC(C)C(=O)NCC2CCCCC2)nnc1-c1ccncc1. The number of carbonyl (C=O) groups is 1.